The Balaban J connectivity index is 1.42. The lowest BCUT2D eigenvalue weighted by Gasteiger charge is -2.34. The monoisotopic (exact) mass is 346 g/mol. The zero-order valence-corrected chi connectivity index (χ0v) is 14.0. The molecule has 126 valence electrons. The third-order valence-corrected chi connectivity index (χ3v) is 4.26. The molecule has 0 unspecified atom stereocenters. The predicted octanol–water partition coefficient (Wildman–Crippen LogP) is 1.97. The summed E-state index contributed by atoms with van der Waals surface area (Å²) in [5, 5.41) is 0.622. The molecular formula is C17H19ClN4O2. The van der Waals surface area contributed by atoms with Gasteiger partial charge in [-0.15, -0.1) is 0 Å². The molecule has 0 aliphatic carbocycles. The Morgan fingerprint density at radius 3 is 2.67 bits per heavy atom. The van der Waals surface area contributed by atoms with Crippen molar-refractivity contribution in [3.8, 4) is 5.75 Å². The van der Waals surface area contributed by atoms with Crippen LogP contribution in [0.1, 0.15) is 10.5 Å². The number of aromatic nitrogens is 2. The van der Waals surface area contributed by atoms with Crippen LogP contribution in [0, 0.1) is 0 Å². The highest BCUT2D eigenvalue weighted by Crippen LogP contribution is 2.22. The molecule has 0 bridgehead atoms. The number of piperazine rings is 1. The molecule has 3 rings (SSSR count). The second-order valence-electron chi connectivity index (χ2n) is 5.50. The molecule has 7 heteroatoms. The molecule has 6 nitrogen and oxygen atoms in total. The minimum Gasteiger partial charge on any atom is -0.491 e. The Bertz CT molecular complexity index is 675. The van der Waals surface area contributed by atoms with E-state index in [4.69, 9.17) is 16.3 Å². The molecule has 0 saturated carbocycles. The quantitative estimate of drug-likeness (QED) is 0.828. The van der Waals surface area contributed by atoms with E-state index in [0.717, 1.165) is 19.6 Å². The first-order valence-electron chi connectivity index (χ1n) is 7.89. The summed E-state index contributed by atoms with van der Waals surface area (Å²) < 4.78 is 5.71. The van der Waals surface area contributed by atoms with Gasteiger partial charge < -0.3 is 9.64 Å². The van der Waals surface area contributed by atoms with Crippen LogP contribution in [-0.2, 0) is 0 Å². The van der Waals surface area contributed by atoms with Crippen molar-refractivity contribution >= 4 is 17.5 Å². The number of ether oxygens (including phenoxy) is 1. The fourth-order valence-corrected chi connectivity index (χ4v) is 2.78. The van der Waals surface area contributed by atoms with E-state index in [1.165, 1.54) is 12.4 Å². The highest BCUT2D eigenvalue weighted by Gasteiger charge is 2.22. The maximum Gasteiger partial charge on any atom is 0.274 e. The lowest BCUT2D eigenvalue weighted by atomic mass is 10.3. The molecule has 24 heavy (non-hydrogen) atoms. The Morgan fingerprint density at radius 2 is 1.96 bits per heavy atom. The van der Waals surface area contributed by atoms with Crippen molar-refractivity contribution in [1.82, 2.24) is 19.8 Å². The van der Waals surface area contributed by atoms with Crippen molar-refractivity contribution in [1.29, 1.82) is 0 Å². The van der Waals surface area contributed by atoms with Crippen molar-refractivity contribution in [3.63, 3.8) is 0 Å². The summed E-state index contributed by atoms with van der Waals surface area (Å²) in [5.41, 5.74) is 0.396. The summed E-state index contributed by atoms with van der Waals surface area (Å²) in [4.78, 5) is 24.4. The third kappa shape index (κ3) is 4.21. The van der Waals surface area contributed by atoms with E-state index < -0.39 is 0 Å². The van der Waals surface area contributed by atoms with Crippen LogP contribution in [0.4, 0.5) is 0 Å². The number of para-hydroxylation sites is 1. The number of nitrogens with zero attached hydrogens (tertiary/aromatic N) is 4. The van der Waals surface area contributed by atoms with Gasteiger partial charge in [0.15, 0.2) is 0 Å². The van der Waals surface area contributed by atoms with Crippen molar-refractivity contribution in [2.45, 2.75) is 0 Å². The first-order chi connectivity index (χ1) is 11.7. The highest BCUT2D eigenvalue weighted by molar-refractivity contribution is 6.32. The molecule has 1 fully saturated rings. The number of carbonyl (C=O) groups is 1. The summed E-state index contributed by atoms with van der Waals surface area (Å²) in [6.45, 7) is 4.37. The Labute approximate surface area is 146 Å². The summed E-state index contributed by atoms with van der Waals surface area (Å²) in [6, 6.07) is 7.45. The van der Waals surface area contributed by atoms with Gasteiger partial charge in [0.1, 0.15) is 18.1 Å². The Kier molecular flexibility index (Phi) is 5.61. The van der Waals surface area contributed by atoms with Gasteiger partial charge in [0.05, 0.1) is 11.2 Å². The van der Waals surface area contributed by atoms with Crippen LogP contribution < -0.4 is 4.74 Å². The van der Waals surface area contributed by atoms with Gasteiger partial charge >= 0.3 is 0 Å². The average Bonchev–Trinajstić information content (AvgIpc) is 2.64. The smallest absolute Gasteiger partial charge is 0.274 e. The van der Waals surface area contributed by atoms with Crippen molar-refractivity contribution in [2.75, 3.05) is 39.3 Å². The van der Waals surface area contributed by atoms with Gasteiger partial charge in [-0.3, -0.25) is 14.7 Å². The molecule has 0 N–H and O–H groups in total. The second kappa shape index (κ2) is 8.08. The van der Waals surface area contributed by atoms with Crippen LogP contribution in [0.3, 0.4) is 0 Å². The maximum atomic E-state index is 12.3. The molecule has 1 aromatic heterocycles. The molecule has 1 aliphatic rings. The van der Waals surface area contributed by atoms with Crippen LogP contribution >= 0.6 is 11.6 Å². The molecule has 1 aliphatic heterocycles. The van der Waals surface area contributed by atoms with Crippen molar-refractivity contribution in [3.05, 3.63) is 53.6 Å². The number of halogens is 1. The molecule has 1 saturated heterocycles. The van der Waals surface area contributed by atoms with Crippen LogP contribution in [0.5, 0.6) is 5.75 Å². The molecule has 0 atom stereocenters. The third-order valence-electron chi connectivity index (χ3n) is 3.94. The van der Waals surface area contributed by atoms with E-state index in [1.54, 1.807) is 6.20 Å². The number of amides is 1. The number of hydrogen-bond acceptors (Lipinski definition) is 5. The largest absolute Gasteiger partial charge is 0.491 e. The van der Waals surface area contributed by atoms with Crippen LogP contribution in [0.15, 0.2) is 42.9 Å². The first-order valence-corrected chi connectivity index (χ1v) is 8.27. The number of rotatable bonds is 5. The minimum absolute atomic E-state index is 0.0601. The Morgan fingerprint density at radius 1 is 1.17 bits per heavy atom. The molecule has 2 heterocycles. The SMILES string of the molecule is O=C(c1cnccn1)N1CCN(CCOc2ccccc2Cl)CC1. The van der Waals surface area contributed by atoms with Gasteiger partial charge in [-0.1, -0.05) is 23.7 Å². The highest BCUT2D eigenvalue weighted by atomic mass is 35.5. The predicted molar refractivity (Wildman–Crippen MR) is 91.3 cm³/mol. The minimum atomic E-state index is -0.0601. The van der Waals surface area contributed by atoms with Crippen molar-refractivity contribution < 1.29 is 9.53 Å². The number of carbonyl (C=O) groups excluding carboxylic acids is 1. The molecule has 0 spiro atoms. The van der Waals surface area contributed by atoms with Gasteiger partial charge in [-0.05, 0) is 12.1 Å². The van der Waals surface area contributed by atoms with Gasteiger partial charge in [0.2, 0.25) is 0 Å². The van der Waals surface area contributed by atoms with Crippen LogP contribution in [0.25, 0.3) is 0 Å². The van der Waals surface area contributed by atoms with E-state index in [9.17, 15) is 4.79 Å². The zero-order valence-electron chi connectivity index (χ0n) is 13.3. The van der Waals surface area contributed by atoms with Gasteiger partial charge in [-0.2, -0.15) is 0 Å². The van der Waals surface area contributed by atoms with E-state index in [0.29, 0.717) is 36.2 Å². The van der Waals surface area contributed by atoms with Gasteiger partial charge in [-0.25, -0.2) is 4.98 Å². The number of benzene rings is 1. The lowest BCUT2D eigenvalue weighted by Crippen LogP contribution is -2.49. The summed E-state index contributed by atoms with van der Waals surface area (Å²) in [5.74, 6) is 0.644. The normalized spacial score (nSPS) is 15.3. The van der Waals surface area contributed by atoms with E-state index in [1.807, 2.05) is 29.2 Å². The molecule has 2 aromatic rings. The van der Waals surface area contributed by atoms with Crippen molar-refractivity contribution in [2.24, 2.45) is 0 Å². The standard InChI is InChI=1S/C17H19ClN4O2/c18-14-3-1-2-4-16(14)24-12-11-21-7-9-22(10-8-21)17(23)15-13-19-5-6-20-15/h1-6,13H,7-12H2. The summed E-state index contributed by atoms with van der Waals surface area (Å²) >= 11 is 6.06. The summed E-state index contributed by atoms with van der Waals surface area (Å²) in [6.07, 6.45) is 4.61. The molecule has 1 aromatic carbocycles. The topological polar surface area (TPSA) is 58.6 Å². The molecule has 0 radical (unpaired) electrons. The van der Waals surface area contributed by atoms with E-state index in [2.05, 4.69) is 14.9 Å². The fraction of sp³-hybridized carbons (Fsp3) is 0.353. The maximum absolute atomic E-state index is 12.3. The average molecular weight is 347 g/mol. The van der Waals surface area contributed by atoms with E-state index >= 15 is 0 Å². The van der Waals surface area contributed by atoms with Crippen LogP contribution in [0.2, 0.25) is 5.02 Å². The Hall–Kier alpha value is -2.18. The van der Waals surface area contributed by atoms with Gasteiger partial charge in [0.25, 0.3) is 5.91 Å². The van der Waals surface area contributed by atoms with Crippen LogP contribution in [-0.4, -0.2) is 65.0 Å². The molecule has 1 amide bonds. The van der Waals surface area contributed by atoms with Gasteiger partial charge in [0, 0.05) is 45.1 Å². The first kappa shape index (κ1) is 16.7. The molecular weight excluding hydrogens is 328 g/mol. The second-order valence-corrected chi connectivity index (χ2v) is 5.91. The summed E-state index contributed by atoms with van der Waals surface area (Å²) in [7, 11) is 0. The number of hydrogen-bond donors (Lipinski definition) is 0. The lowest BCUT2D eigenvalue weighted by molar-refractivity contribution is 0.0614. The zero-order chi connectivity index (χ0) is 16.8. The fourth-order valence-electron chi connectivity index (χ4n) is 2.59. The van der Waals surface area contributed by atoms with E-state index in [-0.39, 0.29) is 5.91 Å².